The maximum atomic E-state index is 12.4. The van der Waals surface area contributed by atoms with Crippen LogP contribution < -0.4 is 5.32 Å². The zero-order valence-corrected chi connectivity index (χ0v) is 14.0. The van der Waals surface area contributed by atoms with E-state index >= 15 is 0 Å². The average Bonchev–Trinajstić information content (AvgIpc) is 3.17. The van der Waals surface area contributed by atoms with Gasteiger partial charge in [0.2, 0.25) is 0 Å². The van der Waals surface area contributed by atoms with E-state index in [2.05, 4.69) is 15.4 Å². The molecule has 0 fully saturated rings. The summed E-state index contributed by atoms with van der Waals surface area (Å²) >= 11 is 0. The number of benzene rings is 2. The lowest BCUT2D eigenvalue weighted by molar-refractivity contribution is 0.0953. The standard InChI is InChI=1S/C19H20N4O2/c1-14-10-17(23-13-20-12-22-23)6-7-18(14)19(25)21-9-8-15-2-4-16(11-24)5-3-15/h2-7,10,12-13,24H,8-9,11H2,1H3,(H,21,25). The molecule has 0 unspecified atom stereocenters. The van der Waals surface area contributed by atoms with Crippen LogP contribution in [0.2, 0.25) is 0 Å². The molecule has 128 valence electrons. The van der Waals surface area contributed by atoms with E-state index < -0.39 is 0 Å². The number of nitrogens with one attached hydrogen (secondary N) is 1. The molecule has 0 spiro atoms. The lowest BCUT2D eigenvalue weighted by atomic mass is 10.1. The van der Waals surface area contributed by atoms with Crippen LogP contribution >= 0.6 is 0 Å². The number of aryl methyl sites for hydroxylation is 1. The summed E-state index contributed by atoms with van der Waals surface area (Å²) in [6.07, 6.45) is 3.84. The molecule has 0 aliphatic carbocycles. The van der Waals surface area contributed by atoms with Gasteiger partial charge in [0.25, 0.3) is 5.91 Å². The maximum absolute atomic E-state index is 12.4. The highest BCUT2D eigenvalue weighted by Gasteiger charge is 2.10. The van der Waals surface area contributed by atoms with Gasteiger partial charge in [0.1, 0.15) is 12.7 Å². The second kappa shape index (κ2) is 7.72. The van der Waals surface area contributed by atoms with Crippen molar-refractivity contribution in [2.75, 3.05) is 6.54 Å². The molecule has 1 amide bonds. The Kier molecular flexibility index (Phi) is 5.20. The zero-order chi connectivity index (χ0) is 17.6. The van der Waals surface area contributed by atoms with Gasteiger partial charge in [0.15, 0.2) is 0 Å². The molecule has 25 heavy (non-hydrogen) atoms. The maximum Gasteiger partial charge on any atom is 0.251 e. The lowest BCUT2D eigenvalue weighted by Crippen LogP contribution is -2.26. The Morgan fingerprint density at radius 1 is 1.16 bits per heavy atom. The van der Waals surface area contributed by atoms with Crippen LogP contribution in [0.5, 0.6) is 0 Å². The fourth-order valence-corrected chi connectivity index (χ4v) is 2.61. The van der Waals surface area contributed by atoms with Crippen LogP contribution in [0, 0.1) is 6.92 Å². The van der Waals surface area contributed by atoms with E-state index in [1.165, 1.54) is 6.33 Å². The van der Waals surface area contributed by atoms with Crippen molar-refractivity contribution in [3.05, 3.63) is 77.4 Å². The highest BCUT2D eigenvalue weighted by Crippen LogP contribution is 2.14. The molecule has 0 saturated carbocycles. The van der Waals surface area contributed by atoms with Crippen molar-refractivity contribution in [2.45, 2.75) is 20.0 Å². The zero-order valence-electron chi connectivity index (χ0n) is 14.0. The summed E-state index contributed by atoms with van der Waals surface area (Å²) in [5.74, 6) is -0.0883. The SMILES string of the molecule is Cc1cc(-n2cncn2)ccc1C(=O)NCCc1ccc(CO)cc1. The summed E-state index contributed by atoms with van der Waals surface area (Å²) in [6, 6.07) is 13.3. The Balaban J connectivity index is 1.59. The van der Waals surface area contributed by atoms with E-state index in [-0.39, 0.29) is 12.5 Å². The third-order valence-corrected chi connectivity index (χ3v) is 4.04. The molecule has 6 nitrogen and oxygen atoms in total. The van der Waals surface area contributed by atoms with Gasteiger partial charge in [-0.15, -0.1) is 0 Å². The molecule has 0 radical (unpaired) electrons. The number of carbonyl (C=O) groups excluding carboxylic acids is 1. The minimum Gasteiger partial charge on any atom is -0.392 e. The van der Waals surface area contributed by atoms with Crippen LogP contribution in [-0.2, 0) is 13.0 Å². The minimum absolute atomic E-state index is 0.0425. The quantitative estimate of drug-likeness (QED) is 0.722. The van der Waals surface area contributed by atoms with Crippen molar-refractivity contribution in [2.24, 2.45) is 0 Å². The number of carbonyl (C=O) groups is 1. The molecule has 2 aromatic carbocycles. The van der Waals surface area contributed by atoms with Gasteiger partial charge < -0.3 is 10.4 Å². The Morgan fingerprint density at radius 3 is 2.56 bits per heavy atom. The summed E-state index contributed by atoms with van der Waals surface area (Å²) in [5, 5.41) is 16.1. The van der Waals surface area contributed by atoms with Crippen LogP contribution in [0.25, 0.3) is 5.69 Å². The summed E-state index contributed by atoms with van der Waals surface area (Å²) in [7, 11) is 0. The molecule has 0 bridgehead atoms. The Hall–Kier alpha value is -2.99. The van der Waals surface area contributed by atoms with E-state index in [0.29, 0.717) is 12.1 Å². The summed E-state index contributed by atoms with van der Waals surface area (Å²) < 4.78 is 1.66. The predicted octanol–water partition coefficient (Wildman–Crippen LogP) is 2.04. The van der Waals surface area contributed by atoms with Crippen LogP contribution in [-0.4, -0.2) is 32.3 Å². The number of aromatic nitrogens is 3. The summed E-state index contributed by atoms with van der Waals surface area (Å²) in [4.78, 5) is 16.3. The van der Waals surface area contributed by atoms with Crippen molar-refractivity contribution in [1.29, 1.82) is 0 Å². The fourth-order valence-electron chi connectivity index (χ4n) is 2.61. The van der Waals surface area contributed by atoms with E-state index in [9.17, 15) is 4.79 Å². The monoisotopic (exact) mass is 336 g/mol. The molecule has 1 aromatic heterocycles. The van der Waals surface area contributed by atoms with Gasteiger partial charge >= 0.3 is 0 Å². The Bertz CT molecular complexity index is 842. The van der Waals surface area contributed by atoms with Crippen LogP contribution in [0.3, 0.4) is 0 Å². The average molecular weight is 336 g/mol. The van der Waals surface area contributed by atoms with Crippen LogP contribution in [0.15, 0.2) is 55.1 Å². The highest BCUT2D eigenvalue weighted by molar-refractivity contribution is 5.95. The first-order valence-corrected chi connectivity index (χ1v) is 8.10. The topological polar surface area (TPSA) is 80.0 Å². The Labute approximate surface area is 146 Å². The number of rotatable bonds is 6. The summed E-state index contributed by atoms with van der Waals surface area (Å²) in [5.41, 5.74) is 4.42. The third-order valence-electron chi connectivity index (χ3n) is 4.04. The molecule has 3 rings (SSSR count). The normalized spacial score (nSPS) is 10.6. The van der Waals surface area contributed by atoms with E-state index in [1.54, 1.807) is 17.1 Å². The molecule has 0 aliphatic heterocycles. The molecule has 0 aliphatic rings. The first-order chi connectivity index (χ1) is 12.2. The molecular weight excluding hydrogens is 316 g/mol. The largest absolute Gasteiger partial charge is 0.392 e. The van der Waals surface area contributed by atoms with Crippen molar-refractivity contribution in [3.63, 3.8) is 0 Å². The van der Waals surface area contributed by atoms with Crippen molar-refractivity contribution in [1.82, 2.24) is 20.1 Å². The second-order valence-corrected chi connectivity index (χ2v) is 5.82. The number of nitrogens with zero attached hydrogens (tertiary/aromatic N) is 3. The van der Waals surface area contributed by atoms with Gasteiger partial charge in [0, 0.05) is 12.1 Å². The van der Waals surface area contributed by atoms with Crippen molar-refractivity contribution >= 4 is 5.91 Å². The first kappa shape index (κ1) is 16.9. The Morgan fingerprint density at radius 2 is 1.92 bits per heavy atom. The number of hydrogen-bond acceptors (Lipinski definition) is 4. The van der Waals surface area contributed by atoms with Gasteiger partial charge in [0.05, 0.1) is 12.3 Å². The van der Waals surface area contributed by atoms with E-state index in [4.69, 9.17) is 5.11 Å². The van der Waals surface area contributed by atoms with Crippen molar-refractivity contribution < 1.29 is 9.90 Å². The number of aliphatic hydroxyl groups excluding tert-OH is 1. The van der Waals surface area contributed by atoms with Gasteiger partial charge in [-0.3, -0.25) is 4.79 Å². The number of hydrogen-bond donors (Lipinski definition) is 2. The van der Waals surface area contributed by atoms with Gasteiger partial charge in [-0.2, -0.15) is 5.10 Å². The molecule has 2 N–H and O–H groups in total. The second-order valence-electron chi connectivity index (χ2n) is 5.82. The predicted molar refractivity (Wildman–Crippen MR) is 94.5 cm³/mol. The van der Waals surface area contributed by atoms with Crippen molar-refractivity contribution in [3.8, 4) is 5.69 Å². The highest BCUT2D eigenvalue weighted by atomic mass is 16.3. The smallest absolute Gasteiger partial charge is 0.251 e. The van der Waals surface area contributed by atoms with Gasteiger partial charge in [-0.05, 0) is 48.2 Å². The fraction of sp³-hybridized carbons (Fsp3) is 0.211. The van der Waals surface area contributed by atoms with E-state index in [0.717, 1.165) is 28.8 Å². The lowest BCUT2D eigenvalue weighted by Gasteiger charge is -2.10. The van der Waals surface area contributed by atoms with Crippen LogP contribution in [0.1, 0.15) is 27.0 Å². The molecule has 3 aromatic rings. The molecule has 6 heteroatoms. The molecular formula is C19H20N4O2. The molecule has 1 heterocycles. The van der Waals surface area contributed by atoms with Crippen LogP contribution in [0.4, 0.5) is 0 Å². The molecule has 0 atom stereocenters. The van der Waals surface area contributed by atoms with E-state index in [1.807, 2.05) is 43.3 Å². The first-order valence-electron chi connectivity index (χ1n) is 8.10. The third kappa shape index (κ3) is 4.10. The number of amides is 1. The van der Waals surface area contributed by atoms with Gasteiger partial charge in [-0.1, -0.05) is 24.3 Å². The molecule has 0 saturated heterocycles. The van der Waals surface area contributed by atoms with Gasteiger partial charge in [-0.25, -0.2) is 9.67 Å². The summed E-state index contributed by atoms with van der Waals surface area (Å²) in [6.45, 7) is 2.51. The minimum atomic E-state index is -0.0883. The number of aliphatic hydroxyl groups is 1.